The van der Waals surface area contributed by atoms with Gasteiger partial charge in [-0.1, -0.05) is 103 Å². The van der Waals surface area contributed by atoms with E-state index in [1.54, 1.807) is 60.7 Å². The molecule has 12 amide bonds. The van der Waals surface area contributed by atoms with E-state index in [0.717, 1.165) is 21.9 Å². The summed E-state index contributed by atoms with van der Waals surface area (Å²) in [6.07, 6.45) is -1.39. The Labute approximate surface area is 598 Å². The number of carboxylic acid groups (broad SMARTS) is 5. The monoisotopic (exact) mass is 1450 g/mol. The van der Waals surface area contributed by atoms with E-state index < -0.39 is 200 Å². The Morgan fingerprint density at radius 1 is 0.394 bits per heavy atom. The Bertz CT molecular complexity index is 3690. The number of carbonyl (C=O) groups is 16. The van der Waals surface area contributed by atoms with Crippen LogP contribution in [0.25, 0.3) is 10.8 Å². The van der Waals surface area contributed by atoms with Gasteiger partial charge < -0.3 is 89.3 Å². The van der Waals surface area contributed by atoms with Gasteiger partial charge in [-0.3, -0.25) is 62.3 Å². The molecule has 0 aliphatic heterocycles. The highest BCUT2D eigenvalue weighted by Gasteiger charge is 2.35. The van der Waals surface area contributed by atoms with Crippen LogP contribution in [-0.2, 0) is 91.2 Å². The minimum atomic E-state index is -1.69. The fraction of sp³-hybridized carbons (Fsp3) is 0.465. The maximum atomic E-state index is 14.0. The summed E-state index contributed by atoms with van der Waals surface area (Å²) in [7, 11) is 0. The normalized spacial score (nSPS) is 15.8. The summed E-state index contributed by atoms with van der Waals surface area (Å²) in [5, 5.41) is 78.9. The van der Waals surface area contributed by atoms with Crippen molar-refractivity contribution >= 4 is 106 Å². The maximum Gasteiger partial charge on any atom is 0.326 e. The van der Waals surface area contributed by atoms with E-state index >= 15 is 0 Å². The summed E-state index contributed by atoms with van der Waals surface area (Å²) in [4.78, 5) is 206. The topological polar surface area (TPSA) is 519 Å². The number of hydrogen-bond acceptors (Lipinski definition) is 16. The third kappa shape index (κ3) is 30.0. The number of carbonyl (C=O) groups excluding carboxylic acids is 11. The van der Waals surface area contributed by atoms with Gasteiger partial charge >= 0.3 is 35.9 Å². The van der Waals surface area contributed by atoms with E-state index in [1.807, 2.05) is 42.5 Å². The summed E-state index contributed by atoms with van der Waals surface area (Å²) < 4.78 is 0. The van der Waals surface area contributed by atoms with Gasteiger partial charge in [0.15, 0.2) is 0 Å². The molecule has 1 saturated carbocycles. The lowest BCUT2D eigenvalue weighted by atomic mass is 9.81. The van der Waals surface area contributed by atoms with Gasteiger partial charge in [-0.25, -0.2) is 14.4 Å². The van der Waals surface area contributed by atoms with E-state index in [1.165, 1.54) is 20.8 Å². The number of amides is 12. The quantitative estimate of drug-likeness (QED) is 0.0267. The summed E-state index contributed by atoms with van der Waals surface area (Å²) in [6, 6.07) is 16.7. The molecule has 562 valence electrons. The molecule has 33 heteroatoms. The standard InChI is InChI=1S/C71H92N12O21/c1-40(76-68(99)56(36-44-16-8-5-9-17-44)80-62(93)41(2)75-67(98)55(77-42(3)84)35-43-14-6-4-7-15-43)61(92)78-51(28-31-59(88)89)66(97)79-50(27-30-58(86)87)64(95)74-39-57(85)73-38-45-21-25-48(26-22-45)63(94)81-54(37-46-23-24-47-18-10-11-19-49(47)34-46)65(96)72-33-13-12-20-52(69(100)101)82-71(104)83-53(70(102)103)29-32-60(90)91/h4-11,14-19,23-24,34,40-41,45,48,50-56H,12-13,20-22,25-33,35-39H2,1-3H3,(H,72,96)(H,73,85)(H,74,95)(H,75,98)(H,76,99)(H,77,84)(H,78,92)(H,79,97)(H,80,93)(H,81,94)(H,86,87)(H,88,89)(H,90,91)(H,100,101)(H,102,103)(H2,82,83,104)/t40-,41-,45?,48?,50-,51-,52-,53-,54-,55-,56-/m0/s1. The van der Waals surface area contributed by atoms with Crippen LogP contribution in [0.2, 0.25) is 0 Å². The molecule has 33 nitrogen and oxygen atoms in total. The Kier molecular flexibility index (Phi) is 34.1. The molecule has 1 aliphatic rings. The second-order valence-corrected chi connectivity index (χ2v) is 25.4. The lowest BCUT2D eigenvalue weighted by Crippen LogP contribution is -2.59. The maximum absolute atomic E-state index is 14.0. The van der Waals surface area contributed by atoms with Crippen LogP contribution in [0.15, 0.2) is 103 Å². The van der Waals surface area contributed by atoms with Crippen molar-refractivity contribution in [3.8, 4) is 0 Å². The van der Waals surface area contributed by atoms with Crippen molar-refractivity contribution in [1.29, 1.82) is 0 Å². The van der Waals surface area contributed by atoms with Gasteiger partial charge in [0, 0.05) is 64.5 Å². The van der Waals surface area contributed by atoms with Crippen LogP contribution >= 0.6 is 0 Å². The first-order valence-electron chi connectivity index (χ1n) is 34.1. The molecule has 4 aromatic rings. The van der Waals surface area contributed by atoms with Crippen LogP contribution in [-0.4, -0.2) is 194 Å². The van der Waals surface area contributed by atoms with Gasteiger partial charge in [0.25, 0.3) is 0 Å². The fourth-order valence-electron chi connectivity index (χ4n) is 11.4. The Hall–Kier alpha value is -11.5. The summed E-state index contributed by atoms with van der Waals surface area (Å²) >= 11 is 0. The predicted octanol–water partition coefficient (Wildman–Crippen LogP) is 0.446. The number of fused-ring (bicyclic) bond motifs is 1. The minimum Gasteiger partial charge on any atom is -0.481 e. The molecule has 0 bridgehead atoms. The number of hydrogen-bond donors (Lipinski definition) is 17. The SMILES string of the molecule is CC(=O)N[C@@H](Cc1ccccc1)C(=O)N[C@@H](C)C(=O)N[C@@H](Cc1ccccc1)C(=O)N[C@@H](C)C(=O)N[C@@H](CCC(=O)O)C(=O)N[C@@H](CCC(=O)O)C(=O)NCC(=O)NCC1CCC(C(=O)N[C@@H](Cc2ccc3ccccc3c2)C(=O)NCCCC[C@H](NC(=O)N[C@@H](CCC(=O)O)C(=O)O)C(=O)O)CC1. The highest BCUT2D eigenvalue weighted by Crippen LogP contribution is 2.29. The molecule has 5 rings (SSSR count). The number of benzene rings is 4. The van der Waals surface area contributed by atoms with E-state index in [-0.39, 0.29) is 57.5 Å². The van der Waals surface area contributed by atoms with Gasteiger partial charge in [-0.15, -0.1) is 0 Å². The van der Waals surface area contributed by atoms with Crippen LogP contribution in [0.1, 0.15) is 121 Å². The molecule has 17 N–H and O–H groups in total. The molecule has 9 atom stereocenters. The first-order chi connectivity index (χ1) is 49.4. The van der Waals surface area contributed by atoms with E-state index in [9.17, 15) is 97.1 Å². The van der Waals surface area contributed by atoms with Crippen molar-refractivity contribution in [2.24, 2.45) is 11.8 Å². The molecule has 4 aromatic carbocycles. The molecule has 0 radical (unpaired) electrons. The average molecular weight is 1450 g/mol. The number of rotatable bonds is 43. The van der Waals surface area contributed by atoms with E-state index in [4.69, 9.17) is 5.11 Å². The smallest absolute Gasteiger partial charge is 0.326 e. The molecule has 0 heterocycles. The van der Waals surface area contributed by atoms with Gasteiger partial charge in [-0.2, -0.15) is 0 Å². The Morgan fingerprint density at radius 2 is 0.827 bits per heavy atom. The van der Waals surface area contributed by atoms with Crippen LogP contribution < -0.4 is 63.8 Å². The molecule has 1 aliphatic carbocycles. The van der Waals surface area contributed by atoms with Gasteiger partial charge in [0.2, 0.25) is 59.1 Å². The van der Waals surface area contributed by atoms with E-state index in [0.29, 0.717) is 31.2 Å². The number of carboxylic acids is 5. The first-order valence-corrected chi connectivity index (χ1v) is 34.1. The van der Waals surface area contributed by atoms with Crippen molar-refractivity contribution < 1.29 is 102 Å². The number of urea groups is 1. The second kappa shape index (κ2) is 42.7. The zero-order chi connectivity index (χ0) is 76.4. The van der Waals surface area contributed by atoms with Crippen LogP contribution in [0.3, 0.4) is 0 Å². The largest absolute Gasteiger partial charge is 0.481 e. The van der Waals surface area contributed by atoms with E-state index in [2.05, 4.69) is 63.8 Å². The molecule has 1 fully saturated rings. The number of unbranched alkanes of at least 4 members (excludes halogenated alkanes) is 1. The molecule has 0 aromatic heterocycles. The zero-order valence-corrected chi connectivity index (χ0v) is 57.9. The van der Waals surface area contributed by atoms with Crippen LogP contribution in [0, 0.1) is 11.8 Å². The van der Waals surface area contributed by atoms with Gasteiger partial charge in [0.1, 0.15) is 54.4 Å². The molecule has 0 unspecified atom stereocenters. The summed E-state index contributed by atoms with van der Waals surface area (Å²) in [5.74, 6) is -15.2. The van der Waals surface area contributed by atoms with Gasteiger partial charge in [0.05, 0.1) is 6.54 Å². The predicted molar refractivity (Wildman–Crippen MR) is 372 cm³/mol. The highest BCUT2D eigenvalue weighted by molar-refractivity contribution is 5.98. The third-order valence-electron chi connectivity index (χ3n) is 17.1. The number of aliphatic carboxylic acids is 5. The fourth-order valence-corrected chi connectivity index (χ4v) is 11.4. The average Bonchev–Trinajstić information content (AvgIpc) is 0.843. The molecule has 0 saturated heterocycles. The van der Waals surface area contributed by atoms with Crippen molar-refractivity contribution in [2.45, 2.75) is 178 Å². The van der Waals surface area contributed by atoms with Crippen molar-refractivity contribution in [3.05, 3.63) is 120 Å². The lowest BCUT2D eigenvalue weighted by molar-refractivity contribution is -0.141. The van der Waals surface area contributed by atoms with Crippen molar-refractivity contribution in [2.75, 3.05) is 19.6 Å². The van der Waals surface area contributed by atoms with Crippen molar-refractivity contribution in [3.63, 3.8) is 0 Å². The molecular formula is C71H92N12O21. The number of nitrogens with one attached hydrogen (secondary N) is 12. The van der Waals surface area contributed by atoms with Crippen LogP contribution in [0.4, 0.5) is 4.79 Å². The summed E-state index contributed by atoms with van der Waals surface area (Å²) in [6.45, 7) is 3.35. The van der Waals surface area contributed by atoms with Gasteiger partial charge in [-0.05, 0) is 111 Å². The Morgan fingerprint density at radius 3 is 1.35 bits per heavy atom. The first kappa shape index (κ1) is 83.1. The van der Waals surface area contributed by atoms with Crippen molar-refractivity contribution in [1.82, 2.24) is 63.8 Å². The minimum absolute atomic E-state index is 0.0444. The molecule has 0 spiro atoms. The lowest BCUT2D eigenvalue weighted by Gasteiger charge is -2.29. The molecular weight excluding hydrogens is 1360 g/mol. The zero-order valence-electron chi connectivity index (χ0n) is 57.9. The molecule has 104 heavy (non-hydrogen) atoms. The van der Waals surface area contributed by atoms with Crippen LogP contribution in [0.5, 0.6) is 0 Å². The third-order valence-corrected chi connectivity index (χ3v) is 17.1. The summed E-state index contributed by atoms with van der Waals surface area (Å²) in [5.41, 5.74) is 2.05. The second-order valence-electron chi connectivity index (χ2n) is 25.4. The Balaban J connectivity index is 1.13. The highest BCUT2D eigenvalue weighted by atomic mass is 16.4.